The van der Waals surface area contributed by atoms with Gasteiger partial charge in [-0.15, -0.1) is 0 Å². The summed E-state index contributed by atoms with van der Waals surface area (Å²) < 4.78 is 18.7. The van der Waals surface area contributed by atoms with E-state index in [2.05, 4.69) is 15.9 Å². The molecular formula is C11H10BrFO2. The van der Waals surface area contributed by atoms with Crippen molar-refractivity contribution in [2.75, 3.05) is 6.61 Å². The maximum Gasteiger partial charge on any atom is 0.137 e. The molecule has 1 atom stereocenters. The Hall–Kier alpha value is -0.870. The minimum absolute atomic E-state index is 0.286. The van der Waals surface area contributed by atoms with Crippen LogP contribution in [0.25, 0.3) is 0 Å². The average molecular weight is 273 g/mol. The van der Waals surface area contributed by atoms with Crippen molar-refractivity contribution < 1.29 is 14.2 Å². The Balaban J connectivity index is 2.32. The molecule has 0 aromatic heterocycles. The van der Waals surface area contributed by atoms with Crippen LogP contribution in [0.5, 0.6) is 0 Å². The number of ether oxygens (including phenoxy) is 1. The zero-order chi connectivity index (χ0) is 10.8. The summed E-state index contributed by atoms with van der Waals surface area (Å²) in [6, 6.07) is 4.57. The molecule has 4 heteroatoms. The van der Waals surface area contributed by atoms with Gasteiger partial charge in [-0.2, -0.15) is 0 Å². The first-order valence-corrected chi connectivity index (χ1v) is 5.44. The van der Waals surface area contributed by atoms with Gasteiger partial charge in [0.15, 0.2) is 0 Å². The zero-order valence-electron chi connectivity index (χ0n) is 7.91. The first-order chi connectivity index (χ1) is 7.20. The van der Waals surface area contributed by atoms with Gasteiger partial charge in [0.1, 0.15) is 17.7 Å². The third-order valence-corrected chi connectivity index (χ3v) is 3.11. The Bertz CT molecular complexity index is 404. The Labute approximate surface area is 95.5 Å². The van der Waals surface area contributed by atoms with Gasteiger partial charge >= 0.3 is 0 Å². The number of aliphatic hydroxyl groups is 1. The number of rotatable bonds is 2. The maximum atomic E-state index is 13.2. The van der Waals surface area contributed by atoms with Gasteiger partial charge in [-0.3, -0.25) is 0 Å². The van der Waals surface area contributed by atoms with Crippen LogP contribution in [0.3, 0.4) is 0 Å². The second-order valence-electron chi connectivity index (χ2n) is 3.29. The predicted octanol–water partition coefficient (Wildman–Crippen LogP) is 2.93. The van der Waals surface area contributed by atoms with Gasteiger partial charge in [0.2, 0.25) is 0 Å². The topological polar surface area (TPSA) is 29.5 Å². The van der Waals surface area contributed by atoms with Crippen LogP contribution >= 0.6 is 15.9 Å². The minimum atomic E-state index is -0.891. The fraction of sp³-hybridized carbons (Fsp3) is 0.273. The number of hydrogen-bond donors (Lipinski definition) is 1. The molecule has 0 radical (unpaired) electrons. The molecule has 0 fully saturated rings. The molecule has 1 unspecified atom stereocenters. The molecule has 0 saturated carbocycles. The fourth-order valence-corrected chi connectivity index (χ4v) is 1.99. The van der Waals surface area contributed by atoms with E-state index in [4.69, 9.17) is 4.74 Å². The van der Waals surface area contributed by atoms with Gasteiger partial charge in [-0.05, 0) is 28.1 Å². The largest absolute Gasteiger partial charge is 0.495 e. The summed E-state index contributed by atoms with van der Waals surface area (Å²) in [5, 5.41) is 9.94. The number of hydrogen-bond acceptors (Lipinski definition) is 2. The molecule has 1 heterocycles. The molecule has 0 spiro atoms. The van der Waals surface area contributed by atoms with Crippen molar-refractivity contribution in [3.8, 4) is 0 Å². The lowest BCUT2D eigenvalue weighted by atomic mass is 10.1. The van der Waals surface area contributed by atoms with Crippen molar-refractivity contribution in [1.82, 2.24) is 0 Å². The van der Waals surface area contributed by atoms with Crippen molar-refractivity contribution in [3.63, 3.8) is 0 Å². The molecule has 0 amide bonds. The molecule has 1 aromatic rings. The van der Waals surface area contributed by atoms with Crippen LogP contribution in [0.15, 0.2) is 34.5 Å². The molecule has 1 aromatic carbocycles. The Morgan fingerprint density at radius 3 is 2.93 bits per heavy atom. The highest BCUT2D eigenvalue weighted by molar-refractivity contribution is 9.10. The number of halogens is 2. The Morgan fingerprint density at radius 2 is 2.27 bits per heavy atom. The molecule has 0 aliphatic carbocycles. The van der Waals surface area contributed by atoms with Crippen molar-refractivity contribution in [2.45, 2.75) is 12.5 Å². The van der Waals surface area contributed by atoms with Crippen molar-refractivity contribution in [3.05, 3.63) is 45.9 Å². The van der Waals surface area contributed by atoms with Gasteiger partial charge < -0.3 is 9.84 Å². The van der Waals surface area contributed by atoms with Crippen molar-refractivity contribution >= 4 is 15.9 Å². The van der Waals surface area contributed by atoms with Crippen LogP contribution in [0.1, 0.15) is 18.1 Å². The summed E-state index contributed by atoms with van der Waals surface area (Å²) in [5.41, 5.74) is 0.489. The molecule has 1 aliphatic rings. The van der Waals surface area contributed by atoms with E-state index < -0.39 is 6.10 Å². The first kappa shape index (κ1) is 10.6. The molecule has 1 N–H and O–H groups in total. The molecular weight excluding hydrogens is 263 g/mol. The molecule has 1 aliphatic heterocycles. The van der Waals surface area contributed by atoms with Crippen LogP contribution in [0.2, 0.25) is 0 Å². The first-order valence-electron chi connectivity index (χ1n) is 4.65. The minimum Gasteiger partial charge on any atom is -0.495 e. The van der Waals surface area contributed by atoms with Gasteiger partial charge in [-0.1, -0.05) is 12.1 Å². The standard InChI is InChI=1S/C11H10BrFO2/c12-10-7(3-1-4-8(10)13)11(14)9-5-2-6-15-9/h1,3-5,11,14H,2,6H2. The third-order valence-electron chi connectivity index (χ3n) is 2.28. The van der Waals surface area contributed by atoms with Crippen molar-refractivity contribution in [1.29, 1.82) is 0 Å². The SMILES string of the molecule is OC(C1=CCCO1)c1cccc(F)c1Br. The van der Waals surface area contributed by atoms with Crippen LogP contribution in [-0.4, -0.2) is 11.7 Å². The van der Waals surface area contributed by atoms with Gasteiger partial charge in [0, 0.05) is 12.0 Å². The molecule has 15 heavy (non-hydrogen) atoms. The summed E-state index contributed by atoms with van der Waals surface area (Å²) in [5.74, 6) is 0.117. The van der Waals surface area contributed by atoms with E-state index >= 15 is 0 Å². The molecule has 2 nitrogen and oxygen atoms in total. The van der Waals surface area contributed by atoms with Crippen LogP contribution < -0.4 is 0 Å². The zero-order valence-corrected chi connectivity index (χ0v) is 9.50. The monoisotopic (exact) mass is 272 g/mol. The van der Waals surface area contributed by atoms with Gasteiger partial charge in [-0.25, -0.2) is 4.39 Å². The van der Waals surface area contributed by atoms with Crippen LogP contribution in [0.4, 0.5) is 4.39 Å². The average Bonchev–Trinajstić information content (AvgIpc) is 2.74. The second kappa shape index (κ2) is 4.33. The lowest BCUT2D eigenvalue weighted by molar-refractivity contribution is 0.118. The smallest absolute Gasteiger partial charge is 0.137 e. The molecule has 2 rings (SSSR count). The Morgan fingerprint density at radius 1 is 1.47 bits per heavy atom. The normalized spacial score (nSPS) is 17.1. The lowest BCUT2D eigenvalue weighted by Gasteiger charge is -2.14. The number of benzene rings is 1. The second-order valence-corrected chi connectivity index (χ2v) is 4.08. The van der Waals surface area contributed by atoms with E-state index in [1.165, 1.54) is 6.07 Å². The predicted molar refractivity (Wildman–Crippen MR) is 57.7 cm³/mol. The molecule has 0 bridgehead atoms. The van der Waals surface area contributed by atoms with E-state index in [-0.39, 0.29) is 10.3 Å². The lowest BCUT2D eigenvalue weighted by Crippen LogP contribution is -2.03. The highest BCUT2D eigenvalue weighted by Gasteiger charge is 2.21. The van der Waals surface area contributed by atoms with Crippen LogP contribution in [-0.2, 0) is 4.74 Å². The summed E-state index contributed by atoms with van der Waals surface area (Å²) in [6.45, 7) is 0.583. The summed E-state index contributed by atoms with van der Waals surface area (Å²) in [4.78, 5) is 0. The maximum absolute atomic E-state index is 13.2. The van der Waals surface area contributed by atoms with Crippen LogP contribution in [0, 0.1) is 5.82 Å². The quantitative estimate of drug-likeness (QED) is 0.897. The van der Waals surface area contributed by atoms with Gasteiger partial charge in [0.05, 0.1) is 11.1 Å². The highest BCUT2D eigenvalue weighted by Crippen LogP contribution is 2.32. The molecule has 0 saturated heterocycles. The third kappa shape index (κ3) is 2.06. The van der Waals surface area contributed by atoms with Gasteiger partial charge in [0.25, 0.3) is 0 Å². The fourth-order valence-electron chi connectivity index (χ4n) is 1.51. The van der Waals surface area contributed by atoms with E-state index in [9.17, 15) is 9.50 Å². The summed E-state index contributed by atoms with van der Waals surface area (Å²) in [7, 11) is 0. The van der Waals surface area contributed by atoms with E-state index in [1.54, 1.807) is 12.1 Å². The van der Waals surface area contributed by atoms with Crippen molar-refractivity contribution in [2.24, 2.45) is 0 Å². The summed E-state index contributed by atoms with van der Waals surface area (Å²) >= 11 is 3.11. The summed E-state index contributed by atoms with van der Waals surface area (Å²) in [6.07, 6.45) is 1.72. The van der Waals surface area contributed by atoms with E-state index in [0.29, 0.717) is 17.9 Å². The van der Waals surface area contributed by atoms with E-state index in [0.717, 1.165) is 6.42 Å². The molecule has 80 valence electrons. The number of aliphatic hydroxyl groups excluding tert-OH is 1. The highest BCUT2D eigenvalue weighted by atomic mass is 79.9. The van der Waals surface area contributed by atoms with E-state index in [1.807, 2.05) is 6.08 Å². The Kier molecular flexibility index (Phi) is 3.07.